The molecule has 2 aromatic rings. The van der Waals surface area contributed by atoms with E-state index in [-0.39, 0.29) is 6.42 Å². The van der Waals surface area contributed by atoms with Crippen LogP contribution in [0.4, 0.5) is 0 Å². The first-order valence-corrected chi connectivity index (χ1v) is 7.93. The molecule has 1 aliphatic rings. The van der Waals surface area contributed by atoms with Crippen molar-refractivity contribution < 1.29 is 9.90 Å². The van der Waals surface area contributed by atoms with Gasteiger partial charge in [-0.05, 0) is 32.0 Å². The van der Waals surface area contributed by atoms with E-state index >= 15 is 0 Å². The first kappa shape index (κ1) is 15.7. The Kier molecular flexibility index (Phi) is 4.71. The van der Waals surface area contributed by atoms with Crippen LogP contribution in [0.1, 0.15) is 36.8 Å². The van der Waals surface area contributed by atoms with Crippen LogP contribution in [0.3, 0.4) is 0 Å². The van der Waals surface area contributed by atoms with Gasteiger partial charge in [-0.2, -0.15) is 5.10 Å². The molecule has 0 unspecified atom stereocenters. The first-order valence-electron chi connectivity index (χ1n) is 7.93. The SMILES string of the molecule is Cn1c(Cn2cccn2)nnc1C1CCN(CCC(=O)O)CC1. The lowest BCUT2D eigenvalue weighted by atomic mass is 9.96. The number of piperidine rings is 1. The molecule has 0 aliphatic carbocycles. The molecule has 3 rings (SSSR count). The Morgan fingerprint density at radius 2 is 2.13 bits per heavy atom. The summed E-state index contributed by atoms with van der Waals surface area (Å²) in [6.07, 6.45) is 5.86. The van der Waals surface area contributed by atoms with Gasteiger partial charge in [-0.3, -0.25) is 9.48 Å². The minimum atomic E-state index is -0.733. The average molecular weight is 318 g/mol. The molecule has 3 heterocycles. The van der Waals surface area contributed by atoms with Gasteiger partial charge in [-0.1, -0.05) is 0 Å². The van der Waals surface area contributed by atoms with Crippen molar-refractivity contribution >= 4 is 5.97 Å². The van der Waals surface area contributed by atoms with Crippen LogP contribution < -0.4 is 0 Å². The Labute approximate surface area is 134 Å². The molecule has 8 nitrogen and oxygen atoms in total. The largest absolute Gasteiger partial charge is 0.481 e. The lowest BCUT2D eigenvalue weighted by Crippen LogP contribution is -2.35. The van der Waals surface area contributed by atoms with Gasteiger partial charge in [-0.15, -0.1) is 10.2 Å². The molecule has 0 spiro atoms. The number of rotatable bonds is 6. The number of likely N-dealkylation sites (tertiary alicyclic amines) is 1. The van der Waals surface area contributed by atoms with Crippen LogP contribution in [-0.2, 0) is 18.4 Å². The minimum Gasteiger partial charge on any atom is -0.481 e. The molecule has 1 saturated heterocycles. The van der Waals surface area contributed by atoms with Crippen LogP contribution in [-0.4, -0.2) is 60.2 Å². The van der Waals surface area contributed by atoms with Crippen LogP contribution in [0.25, 0.3) is 0 Å². The Hall–Kier alpha value is -2.22. The van der Waals surface area contributed by atoms with E-state index in [9.17, 15) is 4.79 Å². The lowest BCUT2D eigenvalue weighted by Gasteiger charge is -2.31. The number of hydrogen-bond donors (Lipinski definition) is 1. The van der Waals surface area contributed by atoms with Crippen molar-refractivity contribution in [3.8, 4) is 0 Å². The zero-order chi connectivity index (χ0) is 16.2. The van der Waals surface area contributed by atoms with Crippen molar-refractivity contribution in [2.45, 2.75) is 31.7 Å². The van der Waals surface area contributed by atoms with E-state index in [2.05, 4.69) is 24.8 Å². The Bertz CT molecular complexity index is 643. The van der Waals surface area contributed by atoms with Crippen LogP contribution in [0, 0.1) is 0 Å². The molecule has 124 valence electrons. The van der Waals surface area contributed by atoms with Crippen molar-refractivity contribution in [3.63, 3.8) is 0 Å². The Morgan fingerprint density at radius 3 is 2.78 bits per heavy atom. The molecular weight excluding hydrogens is 296 g/mol. The van der Waals surface area contributed by atoms with E-state index in [1.807, 2.05) is 24.0 Å². The second-order valence-electron chi connectivity index (χ2n) is 6.00. The van der Waals surface area contributed by atoms with E-state index in [1.54, 1.807) is 6.20 Å². The van der Waals surface area contributed by atoms with E-state index in [1.165, 1.54) is 0 Å². The number of carboxylic acid groups (broad SMARTS) is 1. The van der Waals surface area contributed by atoms with Crippen LogP contribution in [0.15, 0.2) is 18.5 Å². The quantitative estimate of drug-likeness (QED) is 0.844. The summed E-state index contributed by atoms with van der Waals surface area (Å²) in [5, 5.41) is 21.6. The smallest absolute Gasteiger partial charge is 0.304 e. The molecule has 0 atom stereocenters. The summed E-state index contributed by atoms with van der Waals surface area (Å²) in [7, 11) is 2.00. The maximum absolute atomic E-state index is 10.7. The standard InChI is InChI=1S/C15H22N6O2/c1-19-13(11-21-7-2-6-16-21)17-18-15(19)12-3-8-20(9-4-12)10-5-14(22)23/h2,6-7,12H,3-5,8-11H2,1H3,(H,22,23). The fraction of sp³-hybridized carbons (Fsp3) is 0.600. The molecule has 0 aromatic carbocycles. The van der Waals surface area contributed by atoms with Crippen LogP contribution >= 0.6 is 0 Å². The molecule has 1 aliphatic heterocycles. The topological polar surface area (TPSA) is 89.1 Å². The van der Waals surface area contributed by atoms with Gasteiger partial charge >= 0.3 is 5.97 Å². The summed E-state index contributed by atoms with van der Waals surface area (Å²) < 4.78 is 3.90. The molecule has 1 fully saturated rings. The molecule has 8 heteroatoms. The number of nitrogens with zero attached hydrogens (tertiary/aromatic N) is 6. The first-order chi connectivity index (χ1) is 11.1. The fourth-order valence-electron chi connectivity index (χ4n) is 3.08. The van der Waals surface area contributed by atoms with Crippen molar-refractivity contribution in [1.29, 1.82) is 0 Å². The minimum absolute atomic E-state index is 0.211. The van der Waals surface area contributed by atoms with Gasteiger partial charge in [0, 0.05) is 31.9 Å². The van der Waals surface area contributed by atoms with Gasteiger partial charge in [0.2, 0.25) is 0 Å². The number of aromatic nitrogens is 5. The second-order valence-corrected chi connectivity index (χ2v) is 6.00. The highest BCUT2D eigenvalue weighted by atomic mass is 16.4. The molecule has 23 heavy (non-hydrogen) atoms. The highest BCUT2D eigenvalue weighted by molar-refractivity contribution is 5.66. The highest BCUT2D eigenvalue weighted by Gasteiger charge is 2.25. The highest BCUT2D eigenvalue weighted by Crippen LogP contribution is 2.26. The molecule has 0 amide bonds. The van der Waals surface area contributed by atoms with Crippen molar-refractivity contribution in [2.75, 3.05) is 19.6 Å². The predicted octanol–water partition coefficient (Wildman–Crippen LogP) is 0.714. The third-order valence-electron chi connectivity index (χ3n) is 4.46. The summed E-state index contributed by atoms with van der Waals surface area (Å²) in [6.45, 7) is 3.08. The summed E-state index contributed by atoms with van der Waals surface area (Å²) in [6, 6.07) is 1.89. The summed E-state index contributed by atoms with van der Waals surface area (Å²) >= 11 is 0. The van der Waals surface area contributed by atoms with Gasteiger partial charge < -0.3 is 14.6 Å². The number of aliphatic carboxylic acids is 1. The Balaban J connectivity index is 1.58. The third-order valence-corrected chi connectivity index (χ3v) is 4.46. The summed E-state index contributed by atoms with van der Waals surface area (Å²) in [4.78, 5) is 12.9. The monoisotopic (exact) mass is 318 g/mol. The second kappa shape index (κ2) is 6.91. The molecule has 1 N–H and O–H groups in total. The van der Waals surface area contributed by atoms with Crippen LogP contribution in [0.2, 0.25) is 0 Å². The maximum Gasteiger partial charge on any atom is 0.304 e. The molecular formula is C15H22N6O2. The third kappa shape index (κ3) is 3.76. The van der Waals surface area contributed by atoms with Crippen LogP contribution in [0.5, 0.6) is 0 Å². The number of hydrogen-bond acceptors (Lipinski definition) is 5. The van der Waals surface area contributed by atoms with Crippen molar-refractivity contribution in [3.05, 3.63) is 30.1 Å². The lowest BCUT2D eigenvalue weighted by molar-refractivity contribution is -0.137. The van der Waals surface area contributed by atoms with Crippen molar-refractivity contribution in [1.82, 2.24) is 29.4 Å². The van der Waals surface area contributed by atoms with Gasteiger partial charge in [0.15, 0.2) is 5.82 Å². The van der Waals surface area contributed by atoms with Gasteiger partial charge in [0.25, 0.3) is 0 Å². The zero-order valence-corrected chi connectivity index (χ0v) is 13.3. The summed E-state index contributed by atoms with van der Waals surface area (Å²) in [5.41, 5.74) is 0. The van der Waals surface area contributed by atoms with Gasteiger partial charge in [0.1, 0.15) is 12.4 Å². The van der Waals surface area contributed by atoms with Gasteiger partial charge in [-0.25, -0.2) is 0 Å². The maximum atomic E-state index is 10.7. The number of carboxylic acids is 1. The predicted molar refractivity (Wildman–Crippen MR) is 83.0 cm³/mol. The molecule has 0 saturated carbocycles. The van der Waals surface area contributed by atoms with E-state index < -0.39 is 5.97 Å². The molecule has 0 bridgehead atoms. The molecule has 0 radical (unpaired) electrons. The van der Waals surface area contributed by atoms with E-state index in [4.69, 9.17) is 5.11 Å². The van der Waals surface area contributed by atoms with Crippen molar-refractivity contribution in [2.24, 2.45) is 7.05 Å². The van der Waals surface area contributed by atoms with E-state index in [0.29, 0.717) is 19.0 Å². The normalized spacial score (nSPS) is 16.7. The zero-order valence-electron chi connectivity index (χ0n) is 13.3. The Morgan fingerprint density at radius 1 is 1.35 bits per heavy atom. The summed E-state index contributed by atoms with van der Waals surface area (Å²) in [5.74, 6) is 1.57. The number of carbonyl (C=O) groups is 1. The average Bonchev–Trinajstić information content (AvgIpc) is 3.17. The van der Waals surface area contributed by atoms with E-state index in [0.717, 1.165) is 37.6 Å². The fourth-order valence-corrected chi connectivity index (χ4v) is 3.08. The van der Waals surface area contributed by atoms with Gasteiger partial charge in [0.05, 0.1) is 6.42 Å². The molecule has 2 aromatic heterocycles.